The Bertz CT molecular complexity index is 1720. The lowest BCUT2D eigenvalue weighted by Crippen LogP contribution is -2.59. The van der Waals surface area contributed by atoms with E-state index in [9.17, 15) is 48.6 Å². The molecule has 2 aromatic rings. The first-order chi connectivity index (χ1) is 27.6. The molecule has 22 heteroatoms. The van der Waals surface area contributed by atoms with Crippen LogP contribution in [0, 0.1) is 0 Å². The maximum absolute atomic E-state index is 13.9. The van der Waals surface area contributed by atoms with Crippen LogP contribution in [0.4, 0.5) is 0 Å². The van der Waals surface area contributed by atoms with Crippen LogP contribution in [0.1, 0.15) is 50.3 Å². The van der Waals surface area contributed by atoms with Gasteiger partial charge in [-0.1, -0.05) is 12.1 Å². The van der Waals surface area contributed by atoms with Gasteiger partial charge in [0.25, 0.3) is 0 Å². The van der Waals surface area contributed by atoms with E-state index in [1.54, 1.807) is 0 Å². The van der Waals surface area contributed by atoms with Crippen LogP contribution in [-0.2, 0) is 51.2 Å². The summed E-state index contributed by atoms with van der Waals surface area (Å²) in [6.07, 6.45) is 4.31. The Labute approximate surface area is 333 Å². The summed E-state index contributed by atoms with van der Waals surface area (Å²) in [5.41, 5.74) is 12.2. The SMILES string of the molecule is C[C@H](N)C(=O)N1CCC[C@H]1C(=O)N[C@@H](CO)C(=O)NCC(=O)N[C@@H](Cc1cnc[nH]1)C(=O)N[C@@H](Cc1ccc(O)cc1)C(=O)N[C@@H](CCCCN)C(=O)NCC(=O)O. The summed E-state index contributed by atoms with van der Waals surface area (Å²) in [7, 11) is 0. The number of aliphatic hydroxyl groups is 1. The van der Waals surface area contributed by atoms with E-state index in [1.165, 1.54) is 48.6 Å². The number of benzene rings is 1. The van der Waals surface area contributed by atoms with Crippen molar-refractivity contribution in [3.63, 3.8) is 0 Å². The number of hydrogen-bond donors (Lipinski definition) is 12. The van der Waals surface area contributed by atoms with E-state index in [1.807, 2.05) is 0 Å². The Morgan fingerprint density at radius 2 is 1.50 bits per heavy atom. The number of carbonyl (C=O) groups is 8. The van der Waals surface area contributed by atoms with Crippen molar-refractivity contribution < 1.29 is 53.7 Å². The predicted molar refractivity (Wildman–Crippen MR) is 204 cm³/mol. The minimum absolute atomic E-state index is 0.0555. The predicted octanol–water partition coefficient (Wildman–Crippen LogP) is -4.38. The molecule has 2 heterocycles. The number of phenolic OH excluding ortho intramolecular Hbond substituents is 1. The number of nitrogens with zero attached hydrogens (tertiary/aromatic N) is 2. The Balaban J connectivity index is 1.74. The van der Waals surface area contributed by atoms with Gasteiger partial charge in [0.15, 0.2) is 0 Å². The quantitative estimate of drug-likeness (QED) is 0.0472. The molecule has 0 aliphatic carbocycles. The number of aliphatic carboxylic acids is 1. The number of likely N-dealkylation sites (tertiary alicyclic amines) is 1. The number of carbonyl (C=O) groups excluding carboxylic acids is 7. The number of amides is 7. The number of hydrogen-bond acceptors (Lipinski definition) is 13. The minimum Gasteiger partial charge on any atom is -0.508 e. The van der Waals surface area contributed by atoms with Crippen LogP contribution in [0.5, 0.6) is 5.75 Å². The first-order valence-electron chi connectivity index (χ1n) is 18.7. The molecule has 14 N–H and O–H groups in total. The summed E-state index contributed by atoms with van der Waals surface area (Å²) >= 11 is 0. The minimum atomic E-state index is -1.48. The summed E-state index contributed by atoms with van der Waals surface area (Å²) in [6.45, 7) is -0.150. The number of aliphatic hydroxyl groups excluding tert-OH is 1. The largest absolute Gasteiger partial charge is 0.508 e. The third-order valence-electron chi connectivity index (χ3n) is 9.10. The van der Waals surface area contributed by atoms with E-state index in [4.69, 9.17) is 16.6 Å². The third-order valence-corrected chi connectivity index (χ3v) is 9.10. The molecule has 1 aliphatic heterocycles. The fourth-order valence-corrected chi connectivity index (χ4v) is 6.06. The van der Waals surface area contributed by atoms with Gasteiger partial charge in [0, 0.05) is 31.3 Å². The molecule has 0 bridgehead atoms. The van der Waals surface area contributed by atoms with Crippen molar-refractivity contribution in [2.75, 3.05) is 32.8 Å². The molecular weight excluding hydrogens is 762 g/mol. The first-order valence-corrected chi connectivity index (χ1v) is 18.7. The van der Waals surface area contributed by atoms with Gasteiger partial charge in [-0.3, -0.25) is 38.4 Å². The third kappa shape index (κ3) is 14.7. The smallest absolute Gasteiger partial charge is 0.322 e. The molecule has 1 aromatic carbocycles. The van der Waals surface area contributed by atoms with E-state index in [2.05, 4.69) is 41.9 Å². The Morgan fingerprint density at radius 3 is 2.10 bits per heavy atom. The molecular formula is C36H53N11O11. The van der Waals surface area contributed by atoms with Crippen molar-refractivity contribution >= 4 is 47.3 Å². The van der Waals surface area contributed by atoms with Gasteiger partial charge in [-0.25, -0.2) is 4.98 Å². The fourth-order valence-electron chi connectivity index (χ4n) is 6.06. The van der Waals surface area contributed by atoms with Crippen LogP contribution in [0.2, 0.25) is 0 Å². The van der Waals surface area contributed by atoms with Crippen LogP contribution in [0.25, 0.3) is 0 Å². The summed E-state index contributed by atoms with van der Waals surface area (Å²) in [5, 5.41) is 43.3. The second-order valence-electron chi connectivity index (χ2n) is 13.7. The van der Waals surface area contributed by atoms with Crippen LogP contribution in [0.3, 0.4) is 0 Å². The molecule has 7 amide bonds. The number of aromatic amines is 1. The highest BCUT2D eigenvalue weighted by molar-refractivity contribution is 5.97. The molecule has 1 saturated heterocycles. The van der Waals surface area contributed by atoms with Crippen molar-refractivity contribution in [2.45, 2.75) is 88.1 Å². The summed E-state index contributed by atoms with van der Waals surface area (Å²) in [5.74, 6) is -6.72. The lowest BCUT2D eigenvalue weighted by molar-refractivity contribution is -0.140. The molecule has 0 spiro atoms. The highest BCUT2D eigenvalue weighted by Gasteiger charge is 2.37. The lowest BCUT2D eigenvalue weighted by Gasteiger charge is -2.27. The zero-order valence-corrected chi connectivity index (χ0v) is 32.1. The number of imidazole rings is 1. The van der Waals surface area contributed by atoms with E-state index in [-0.39, 0.29) is 25.0 Å². The van der Waals surface area contributed by atoms with Gasteiger partial charge < -0.3 is 68.6 Å². The van der Waals surface area contributed by atoms with Crippen molar-refractivity contribution in [3.05, 3.63) is 48.0 Å². The molecule has 0 saturated carbocycles. The molecule has 58 heavy (non-hydrogen) atoms. The van der Waals surface area contributed by atoms with Gasteiger partial charge in [0.2, 0.25) is 41.4 Å². The molecule has 0 unspecified atom stereocenters. The number of rotatable bonds is 23. The number of unbranched alkanes of at least 4 members (excludes halogenated alkanes) is 1. The lowest BCUT2D eigenvalue weighted by atomic mass is 10.0. The Morgan fingerprint density at radius 1 is 0.862 bits per heavy atom. The molecule has 1 aromatic heterocycles. The first kappa shape index (κ1) is 46.3. The van der Waals surface area contributed by atoms with E-state index < -0.39 is 103 Å². The standard InChI is InChI=1S/C36H53N11O11/c1-20(38)36(58)47-12-4-6-28(47)35(57)46-27(18-48)32(54)40-16-29(50)43-26(14-22-15-39-19-42-22)34(56)45-25(13-21-7-9-23(49)10-8-21)33(55)44-24(5-2-3-11-37)31(53)41-17-30(51)52/h7-10,15,19-20,24-28,48-49H,2-6,11-14,16-18,37-38H2,1H3,(H,39,42)(H,40,54)(H,41,53)(H,43,50)(H,44,55)(H,45,56)(H,46,57)(H,51,52)/t20-,24-,25-,26-,27-,28-/m0/s1. The fraction of sp³-hybridized carbons (Fsp3) is 0.528. The van der Waals surface area contributed by atoms with Crippen molar-refractivity contribution in [1.29, 1.82) is 0 Å². The second-order valence-corrected chi connectivity index (χ2v) is 13.7. The molecule has 6 atom stereocenters. The number of nitrogens with two attached hydrogens (primary N) is 2. The van der Waals surface area contributed by atoms with Gasteiger partial charge in [0.05, 0.1) is 25.5 Å². The van der Waals surface area contributed by atoms with Crippen LogP contribution in [-0.4, -0.2) is 147 Å². The summed E-state index contributed by atoms with van der Waals surface area (Å²) in [6, 6.07) is -1.40. The molecule has 0 radical (unpaired) electrons. The van der Waals surface area contributed by atoms with Gasteiger partial charge in [-0.15, -0.1) is 0 Å². The van der Waals surface area contributed by atoms with Crippen LogP contribution < -0.4 is 43.4 Å². The highest BCUT2D eigenvalue weighted by atomic mass is 16.4. The van der Waals surface area contributed by atoms with Crippen molar-refractivity contribution in [2.24, 2.45) is 11.5 Å². The molecule has 1 aliphatic rings. The molecule has 1 fully saturated rings. The topological polar surface area (TPSA) is 353 Å². The van der Waals surface area contributed by atoms with Crippen molar-refractivity contribution in [1.82, 2.24) is 46.8 Å². The second kappa shape index (κ2) is 23.2. The highest BCUT2D eigenvalue weighted by Crippen LogP contribution is 2.18. The number of H-pyrrole nitrogens is 1. The van der Waals surface area contributed by atoms with Gasteiger partial charge >= 0.3 is 5.97 Å². The number of carboxylic acid groups (broad SMARTS) is 1. The van der Waals surface area contributed by atoms with Crippen molar-refractivity contribution in [3.8, 4) is 5.75 Å². The molecule has 3 rings (SSSR count). The maximum Gasteiger partial charge on any atom is 0.322 e. The van der Waals surface area contributed by atoms with E-state index in [0.29, 0.717) is 50.0 Å². The average Bonchev–Trinajstić information content (AvgIpc) is 3.90. The molecule has 22 nitrogen and oxygen atoms in total. The van der Waals surface area contributed by atoms with E-state index >= 15 is 0 Å². The Hall–Kier alpha value is -6.13. The monoisotopic (exact) mass is 815 g/mol. The number of nitrogens with one attached hydrogen (secondary N) is 7. The number of carboxylic acids is 1. The van der Waals surface area contributed by atoms with Crippen LogP contribution in [0.15, 0.2) is 36.8 Å². The zero-order chi connectivity index (χ0) is 42.8. The number of phenols is 1. The average molecular weight is 816 g/mol. The maximum atomic E-state index is 13.9. The van der Waals surface area contributed by atoms with Crippen LogP contribution >= 0.6 is 0 Å². The van der Waals surface area contributed by atoms with E-state index in [0.717, 1.165) is 0 Å². The Kier molecular flexibility index (Phi) is 18.5. The van der Waals surface area contributed by atoms with Gasteiger partial charge in [0.1, 0.15) is 42.5 Å². The van der Waals surface area contributed by atoms with Gasteiger partial charge in [-0.2, -0.15) is 0 Å². The summed E-state index contributed by atoms with van der Waals surface area (Å²) < 4.78 is 0. The number of aromatic nitrogens is 2. The van der Waals surface area contributed by atoms with Gasteiger partial charge in [-0.05, 0) is 63.3 Å². The normalized spacial score (nSPS) is 16.1. The zero-order valence-electron chi connectivity index (χ0n) is 32.1. The molecule has 318 valence electrons. The summed E-state index contributed by atoms with van der Waals surface area (Å²) in [4.78, 5) is 111. The number of aromatic hydroxyl groups is 1.